The molecule has 8 heteroatoms. The molecule has 8 nitrogen and oxygen atoms in total. The summed E-state index contributed by atoms with van der Waals surface area (Å²) in [5.74, 6) is -0.801. The van der Waals surface area contributed by atoms with Gasteiger partial charge < -0.3 is 16.4 Å². The highest BCUT2D eigenvalue weighted by Gasteiger charge is 1.99. The Balaban J connectivity index is 0. The fourth-order valence-electron chi connectivity index (χ4n) is 0.878. The van der Waals surface area contributed by atoms with Crippen LogP contribution in [0.3, 0.4) is 0 Å². The van der Waals surface area contributed by atoms with E-state index in [9.17, 15) is 9.59 Å². The molecule has 0 aliphatic carbocycles. The number of unbranched alkanes of at least 4 members (excludes halogenated alkanes) is 3. The summed E-state index contributed by atoms with van der Waals surface area (Å²) < 4.78 is 0. The fourth-order valence-corrected chi connectivity index (χ4v) is 0.878. The molecule has 0 unspecified atom stereocenters. The molecule has 0 aromatic heterocycles. The van der Waals surface area contributed by atoms with Crippen molar-refractivity contribution in [2.24, 2.45) is 0 Å². The van der Waals surface area contributed by atoms with E-state index in [2.05, 4.69) is 14.8 Å². The van der Waals surface area contributed by atoms with Crippen LogP contribution in [0.4, 0.5) is 4.79 Å². The lowest BCUT2D eigenvalue weighted by atomic mass is 10.1. The van der Waals surface area contributed by atoms with Gasteiger partial charge >= 0.3 is 12.1 Å². The maximum Gasteiger partial charge on any atom is 0.540 e. The van der Waals surface area contributed by atoms with Crippen molar-refractivity contribution in [3.63, 3.8) is 0 Å². The van der Waals surface area contributed by atoms with Crippen LogP contribution in [0.25, 0.3) is 0 Å². The minimum absolute atomic E-state index is 0. The first kappa shape index (κ1) is 17.0. The highest BCUT2D eigenvalue weighted by Crippen LogP contribution is 2.03. The van der Waals surface area contributed by atoms with Gasteiger partial charge in [-0.15, -0.1) is 0 Å². The van der Waals surface area contributed by atoms with E-state index < -0.39 is 12.1 Å². The van der Waals surface area contributed by atoms with Crippen LogP contribution in [-0.2, 0) is 19.6 Å². The normalized spacial score (nSPS) is 9.25. The maximum absolute atomic E-state index is 10.1. The van der Waals surface area contributed by atoms with E-state index in [1.807, 2.05) is 0 Å². The third kappa shape index (κ3) is 15.1. The van der Waals surface area contributed by atoms with E-state index in [1.165, 1.54) is 0 Å². The SMILES string of the molecule is N.O=C(O)CCCCCCOOOC(=O)O. The molecule has 0 rings (SSSR count). The van der Waals surface area contributed by atoms with E-state index >= 15 is 0 Å². The predicted molar refractivity (Wildman–Crippen MR) is 51.9 cm³/mol. The molecule has 0 amide bonds. The van der Waals surface area contributed by atoms with Gasteiger partial charge in [0.15, 0.2) is 0 Å². The zero-order valence-electron chi connectivity index (χ0n) is 8.89. The van der Waals surface area contributed by atoms with Crippen molar-refractivity contribution >= 4 is 12.1 Å². The minimum atomic E-state index is -1.57. The zero-order chi connectivity index (χ0) is 11.5. The number of hydrogen-bond acceptors (Lipinski definition) is 6. The quantitative estimate of drug-likeness (QED) is 0.314. The molecule has 0 aliphatic heterocycles. The number of carboxylic acid groups (broad SMARTS) is 2. The molecule has 5 N–H and O–H groups in total. The topological polar surface area (TPSA) is 137 Å². The summed E-state index contributed by atoms with van der Waals surface area (Å²) >= 11 is 0. The van der Waals surface area contributed by atoms with Crippen LogP contribution in [0.15, 0.2) is 0 Å². The average molecular weight is 239 g/mol. The van der Waals surface area contributed by atoms with Gasteiger partial charge in [0, 0.05) is 6.42 Å². The molecule has 0 aromatic rings. The van der Waals surface area contributed by atoms with Crippen molar-refractivity contribution in [1.82, 2.24) is 6.15 Å². The molecule has 16 heavy (non-hydrogen) atoms. The summed E-state index contributed by atoms with van der Waals surface area (Å²) in [4.78, 5) is 27.8. The van der Waals surface area contributed by atoms with E-state index in [-0.39, 0.29) is 19.2 Å². The van der Waals surface area contributed by atoms with Crippen LogP contribution >= 0.6 is 0 Å². The maximum atomic E-state index is 10.1. The van der Waals surface area contributed by atoms with E-state index in [0.29, 0.717) is 12.8 Å². The molecule has 0 atom stereocenters. The second-order valence-corrected chi connectivity index (χ2v) is 2.80. The molecule has 0 saturated carbocycles. The highest BCUT2D eigenvalue weighted by atomic mass is 17.5. The third-order valence-electron chi connectivity index (χ3n) is 1.52. The van der Waals surface area contributed by atoms with Crippen molar-refractivity contribution in [3.8, 4) is 0 Å². The van der Waals surface area contributed by atoms with Crippen molar-refractivity contribution in [2.45, 2.75) is 32.1 Å². The highest BCUT2D eigenvalue weighted by molar-refractivity contribution is 5.66. The second-order valence-electron chi connectivity index (χ2n) is 2.80. The summed E-state index contributed by atoms with van der Waals surface area (Å²) in [6.07, 6.45) is 1.46. The van der Waals surface area contributed by atoms with E-state index in [4.69, 9.17) is 10.2 Å². The zero-order valence-corrected chi connectivity index (χ0v) is 8.89. The summed E-state index contributed by atoms with van der Waals surface area (Å²) in [5, 5.41) is 20.1. The number of carbonyl (C=O) groups is 2. The van der Waals surface area contributed by atoms with Crippen LogP contribution in [0.5, 0.6) is 0 Å². The third-order valence-corrected chi connectivity index (χ3v) is 1.52. The Kier molecular flexibility index (Phi) is 12.4. The van der Waals surface area contributed by atoms with Gasteiger partial charge in [-0.2, -0.15) is 4.89 Å². The Morgan fingerprint density at radius 3 is 2.19 bits per heavy atom. The van der Waals surface area contributed by atoms with Gasteiger partial charge in [0.25, 0.3) is 0 Å². The van der Waals surface area contributed by atoms with Crippen LogP contribution in [0.2, 0.25) is 0 Å². The number of hydrogen-bond donors (Lipinski definition) is 3. The minimum Gasteiger partial charge on any atom is -0.481 e. The molecule has 96 valence electrons. The Bertz CT molecular complexity index is 177. The lowest BCUT2D eigenvalue weighted by Crippen LogP contribution is -2.03. The fraction of sp³-hybridized carbons (Fsp3) is 0.750. The summed E-state index contributed by atoms with van der Waals surface area (Å²) in [7, 11) is 0. The van der Waals surface area contributed by atoms with Crippen LogP contribution in [0, 0.1) is 0 Å². The van der Waals surface area contributed by atoms with Crippen molar-refractivity contribution in [2.75, 3.05) is 6.61 Å². The summed E-state index contributed by atoms with van der Waals surface area (Å²) in [5.41, 5.74) is 0. The first-order valence-electron chi connectivity index (χ1n) is 4.54. The molecule has 0 heterocycles. The predicted octanol–water partition coefficient (Wildman–Crippen LogP) is 1.74. The number of aliphatic carboxylic acids is 1. The first-order valence-corrected chi connectivity index (χ1v) is 4.54. The van der Waals surface area contributed by atoms with Crippen LogP contribution in [-0.4, -0.2) is 28.9 Å². The van der Waals surface area contributed by atoms with Gasteiger partial charge in [-0.05, 0) is 17.9 Å². The van der Waals surface area contributed by atoms with E-state index in [1.54, 1.807) is 0 Å². The first-order chi connectivity index (χ1) is 7.13. The van der Waals surface area contributed by atoms with Gasteiger partial charge in [0.05, 0.1) is 6.61 Å². The van der Waals surface area contributed by atoms with Crippen molar-refractivity contribution < 1.29 is 34.6 Å². The Labute approximate surface area is 92.5 Å². The number of carboxylic acids is 1. The molecule has 0 radical (unpaired) electrons. The van der Waals surface area contributed by atoms with Crippen molar-refractivity contribution in [1.29, 1.82) is 0 Å². The molecule has 0 aromatic carbocycles. The largest absolute Gasteiger partial charge is 0.540 e. The molecular formula is C8H17NO7. The molecule has 0 saturated heterocycles. The van der Waals surface area contributed by atoms with E-state index in [0.717, 1.165) is 12.8 Å². The standard InChI is InChI=1S/C8H14O7.H3N/c9-7(10)5-3-1-2-4-6-13-15-14-8(11)12;/h1-6H2,(H,9,10)(H,11,12);1H3. The van der Waals surface area contributed by atoms with Crippen LogP contribution < -0.4 is 6.15 Å². The van der Waals surface area contributed by atoms with Gasteiger partial charge in [0.2, 0.25) is 0 Å². The summed E-state index contributed by atoms with van der Waals surface area (Å²) in [6, 6.07) is 0. The molecule has 0 aliphatic rings. The Morgan fingerprint density at radius 2 is 1.62 bits per heavy atom. The molecular weight excluding hydrogens is 222 g/mol. The monoisotopic (exact) mass is 239 g/mol. The Hall–Kier alpha value is -1.38. The average Bonchev–Trinajstić information content (AvgIpc) is 2.14. The second kappa shape index (κ2) is 11.7. The lowest BCUT2D eigenvalue weighted by molar-refractivity contribution is -0.485. The molecule has 0 bridgehead atoms. The van der Waals surface area contributed by atoms with Gasteiger partial charge in [0.1, 0.15) is 0 Å². The van der Waals surface area contributed by atoms with Crippen molar-refractivity contribution in [3.05, 3.63) is 0 Å². The lowest BCUT2D eigenvalue weighted by Gasteiger charge is -2.00. The van der Waals surface area contributed by atoms with Gasteiger partial charge in [-0.3, -0.25) is 4.79 Å². The van der Waals surface area contributed by atoms with Gasteiger partial charge in [-0.25, -0.2) is 9.68 Å². The smallest absolute Gasteiger partial charge is 0.481 e. The van der Waals surface area contributed by atoms with Gasteiger partial charge in [-0.1, -0.05) is 12.8 Å². The molecule has 0 spiro atoms. The Morgan fingerprint density at radius 1 is 1.00 bits per heavy atom. The molecule has 0 fully saturated rings. The number of rotatable bonds is 9. The van der Waals surface area contributed by atoms with Crippen LogP contribution in [0.1, 0.15) is 32.1 Å². The summed E-state index contributed by atoms with van der Waals surface area (Å²) in [6.45, 7) is 0.209.